The van der Waals surface area contributed by atoms with Crippen molar-refractivity contribution in [1.29, 1.82) is 0 Å². The van der Waals surface area contributed by atoms with Crippen LogP contribution in [0, 0.1) is 0 Å². The molecule has 0 saturated carbocycles. The summed E-state index contributed by atoms with van der Waals surface area (Å²) in [5.74, 6) is 1.62. The maximum absolute atomic E-state index is 12.2. The smallest absolute Gasteiger partial charge is 0.343 e. The van der Waals surface area contributed by atoms with E-state index in [1.54, 1.807) is 43.5 Å². The average Bonchev–Trinajstić information content (AvgIpc) is 2.87. The van der Waals surface area contributed by atoms with Crippen molar-refractivity contribution in [2.75, 3.05) is 13.7 Å². The number of rotatable bonds is 19. The average molecular weight is 469 g/mol. The van der Waals surface area contributed by atoms with E-state index >= 15 is 0 Å². The van der Waals surface area contributed by atoms with Gasteiger partial charge in [0.2, 0.25) is 0 Å². The van der Waals surface area contributed by atoms with E-state index in [0.29, 0.717) is 17.1 Å². The molecule has 0 bridgehead atoms. The minimum absolute atomic E-state index is 0.390. The van der Waals surface area contributed by atoms with E-state index in [1.165, 1.54) is 83.5 Å². The van der Waals surface area contributed by atoms with E-state index in [4.69, 9.17) is 14.2 Å². The maximum atomic E-state index is 12.2. The first-order valence-electron chi connectivity index (χ1n) is 13.3. The van der Waals surface area contributed by atoms with Crippen molar-refractivity contribution >= 4 is 5.97 Å². The molecular formula is C30H44O4. The largest absolute Gasteiger partial charge is 0.497 e. The molecule has 0 saturated heterocycles. The van der Waals surface area contributed by atoms with Crippen LogP contribution in [0.25, 0.3) is 0 Å². The summed E-state index contributed by atoms with van der Waals surface area (Å²) in [6, 6.07) is 14.1. The fourth-order valence-corrected chi connectivity index (χ4v) is 3.98. The highest BCUT2D eigenvalue weighted by atomic mass is 16.5. The summed E-state index contributed by atoms with van der Waals surface area (Å²) in [6.45, 7) is 3.00. The number of hydrogen-bond acceptors (Lipinski definition) is 4. The van der Waals surface area contributed by atoms with Gasteiger partial charge in [-0.25, -0.2) is 4.79 Å². The molecule has 0 aliphatic carbocycles. The predicted molar refractivity (Wildman–Crippen MR) is 140 cm³/mol. The van der Waals surface area contributed by atoms with Gasteiger partial charge in [-0.2, -0.15) is 0 Å². The van der Waals surface area contributed by atoms with Gasteiger partial charge in [0, 0.05) is 0 Å². The third kappa shape index (κ3) is 12.1. The Kier molecular flexibility index (Phi) is 14.6. The highest BCUT2D eigenvalue weighted by Gasteiger charge is 2.09. The first-order valence-corrected chi connectivity index (χ1v) is 13.3. The lowest BCUT2D eigenvalue weighted by Crippen LogP contribution is -2.08. The van der Waals surface area contributed by atoms with Crippen LogP contribution in [0.4, 0.5) is 0 Å². The van der Waals surface area contributed by atoms with Gasteiger partial charge >= 0.3 is 5.97 Å². The van der Waals surface area contributed by atoms with Crippen LogP contribution in [0.1, 0.15) is 107 Å². The summed E-state index contributed by atoms with van der Waals surface area (Å²) in [4.78, 5) is 12.2. The number of carbonyl (C=O) groups excluding carboxylic acids is 1. The summed E-state index contributed by atoms with van der Waals surface area (Å²) in [7, 11) is 1.59. The molecule has 0 N–H and O–H groups in total. The Bertz CT molecular complexity index is 767. The van der Waals surface area contributed by atoms with E-state index in [1.807, 2.05) is 12.1 Å². The van der Waals surface area contributed by atoms with Crippen LogP contribution in [-0.2, 0) is 0 Å². The SMILES string of the molecule is CCCCCCCCCCCCCCCCOc1ccc(OC(=O)c2ccc(OC)cc2)cc1. The fourth-order valence-electron chi connectivity index (χ4n) is 3.98. The van der Waals surface area contributed by atoms with Gasteiger partial charge in [0.15, 0.2) is 0 Å². The Hall–Kier alpha value is -2.49. The normalized spacial score (nSPS) is 10.8. The monoisotopic (exact) mass is 468 g/mol. The minimum atomic E-state index is -0.390. The third-order valence-corrected chi connectivity index (χ3v) is 6.13. The number of esters is 1. The molecule has 2 aromatic rings. The molecule has 0 amide bonds. The van der Waals surface area contributed by atoms with Crippen molar-refractivity contribution in [2.45, 2.75) is 96.8 Å². The quantitative estimate of drug-likeness (QED) is 0.117. The van der Waals surface area contributed by atoms with E-state index in [-0.39, 0.29) is 0 Å². The van der Waals surface area contributed by atoms with Gasteiger partial charge in [0.1, 0.15) is 17.2 Å². The molecule has 0 aliphatic heterocycles. The van der Waals surface area contributed by atoms with Crippen LogP contribution in [0.15, 0.2) is 48.5 Å². The van der Waals surface area contributed by atoms with Crippen molar-refractivity contribution in [1.82, 2.24) is 0 Å². The molecule has 0 aliphatic rings. The second-order valence-corrected chi connectivity index (χ2v) is 9.03. The number of methoxy groups -OCH3 is 1. The van der Waals surface area contributed by atoms with Crippen LogP contribution >= 0.6 is 0 Å². The van der Waals surface area contributed by atoms with Crippen molar-refractivity contribution in [3.05, 3.63) is 54.1 Å². The van der Waals surface area contributed by atoms with Gasteiger partial charge in [-0.05, 0) is 55.0 Å². The molecule has 0 fully saturated rings. The highest BCUT2D eigenvalue weighted by Crippen LogP contribution is 2.20. The number of hydrogen-bond donors (Lipinski definition) is 0. The molecule has 4 heteroatoms. The molecule has 4 nitrogen and oxygen atoms in total. The molecule has 0 heterocycles. The lowest BCUT2D eigenvalue weighted by atomic mass is 10.0. The maximum Gasteiger partial charge on any atom is 0.343 e. The zero-order valence-corrected chi connectivity index (χ0v) is 21.4. The second-order valence-electron chi connectivity index (χ2n) is 9.03. The van der Waals surface area contributed by atoms with Crippen LogP contribution in [0.2, 0.25) is 0 Å². The Balaban J connectivity index is 1.46. The van der Waals surface area contributed by atoms with Crippen LogP contribution in [0.5, 0.6) is 17.2 Å². The van der Waals surface area contributed by atoms with Gasteiger partial charge in [0.25, 0.3) is 0 Å². The second kappa shape index (κ2) is 17.9. The molecule has 0 radical (unpaired) electrons. The van der Waals surface area contributed by atoms with E-state index in [9.17, 15) is 4.79 Å². The number of benzene rings is 2. The molecule has 188 valence electrons. The summed E-state index contributed by atoms with van der Waals surface area (Å²) in [5.41, 5.74) is 0.485. The van der Waals surface area contributed by atoms with E-state index in [2.05, 4.69) is 6.92 Å². The van der Waals surface area contributed by atoms with Crippen LogP contribution < -0.4 is 14.2 Å². The van der Waals surface area contributed by atoms with Crippen molar-refractivity contribution in [3.63, 3.8) is 0 Å². The molecule has 2 rings (SSSR count). The molecule has 2 aromatic carbocycles. The topological polar surface area (TPSA) is 44.8 Å². The van der Waals surface area contributed by atoms with E-state index in [0.717, 1.165) is 18.8 Å². The first kappa shape index (κ1) is 27.8. The van der Waals surface area contributed by atoms with Gasteiger partial charge in [0.05, 0.1) is 19.3 Å². The molecule has 0 spiro atoms. The Morgan fingerprint density at radius 3 is 1.53 bits per heavy atom. The van der Waals surface area contributed by atoms with Crippen LogP contribution in [0.3, 0.4) is 0 Å². The molecular weight excluding hydrogens is 424 g/mol. The number of unbranched alkanes of at least 4 members (excludes halogenated alkanes) is 13. The van der Waals surface area contributed by atoms with Crippen molar-refractivity contribution in [3.8, 4) is 17.2 Å². The third-order valence-electron chi connectivity index (χ3n) is 6.13. The van der Waals surface area contributed by atoms with Gasteiger partial charge in [-0.15, -0.1) is 0 Å². The Labute approximate surface area is 207 Å². The van der Waals surface area contributed by atoms with Crippen molar-refractivity contribution in [2.24, 2.45) is 0 Å². The first-order chi connectivity index (χ1) is 16.7. The Morgan fingerprint density at radius 1 is 0.588 bits per heavy atom. The van der Waals surface area contributed by atoms with Crippen LogP contribution in [-0.4, -0.2) is 19.7 Å². The summed E-state index contributed by atoms with van der Waals surface area (Å²) >= 11 is 0. The molecule has 0 aromatic heterocycles. The highest BCUT2D eigenvalue weighted by molar-refractivity contribution is 5.91. The summed E-state index contributed by atoms with van der Waals surface area (Å²) < 4.78 is 16.4. The molecule has 34 heavy (non-hydrogen) atoms. The minimum Gasteiger partial charge on any atom is -0.497 e. The van der Waals surface area contributed by atoms with Gasteiger partial charge in [-0.3, -0.25) is 0 Å². The Morgan fingerprint density at radius 2 is 1.03 bits per heavy atom. The molecule has 0 atom stereocenters. The van der Waals surface area contributed by atoms with Gasteiger partial charge in [-0.1, -0.05) is 90.4 Å². The standard InChI is InChI=1S/C30H44O4/c1-3-4-5-6-7-8-9-10-11-12-13-14-15-16-25-33-28-21-23-29(24-22-28)34-30(31)26-17-19-27(32-2)20-18-26/h17-24H,3-16,25H2,1-2H3. The summed E-state index contributed by atoms with van der Waals surface area (Å²) in [5, 5.41) is 0. The fraction of sp³-hybridized carbons (Fsp3) is 0.567. The lowest BCUT2D eigenvalue weighted by molar-refractivity contribution is 0.0734. The number of ether oxygens (including phenoxy) is 3. The lowest BCUT2D eigenvalue weighted by Gasteiger charge is -2.08. The molecule has 0 unspecified atom stereocenters. The zero-order valence-electron chi connectivity index (χ0n) is 21.4. The zero-order chi connectivity index (χ0) is 24.3. The summed E-state index contributed by atoms with van der Waals surface area (Å²) in [6.07, 6.45) is 18.9. The van der Waals surface area contributed by atoms with Crippen molar-refractivity contribution < 1.29 is 19.0 Å². The number of carbonyl (C=O) groups is 1. The predicted octanol–water partition coefficient (Wildman–Crippen LogP) is 8.77. The van der Waals surface area contributed by atoms with E-state index < -0.39 is 5.97 Å². The van der Waals surface area contributed by atoms with Gasteiger partial charge < -0.3 is 14.2 Å².